The molecule has 1 rings (SSSR count). The van der Waals surface area contributed by atoms with E-state index in [-0.39, 0.29) is 18.8 Å². The molecule has 0 fully saturated rings. The van der Waals surface area contributed by atoms with E-state index < -0.39 is 29.8 Å². The summed E-state index contributed by atoms with van der Waals surface area (Å²) in [5.41, 5.74) is 0.838. The second-order valence-corrected chi connectivity index (χ2v) is 6.01. The first-order valence-electron chi connectivity index (χ1n) is 7.58. The van der Waals surface area contributed by atoms with E-state index >= 15 is 0 Å². The third kappa shape index (κ3) is 6.95. The fourth-order valence-electron chi connectivity index (χ4n) is 2.35. The number of carboxylic acids is 2. The average Bonchev–Trinajstić information content (AvgIpc) is 2.45. The van der Waals surface area contributed by atoms with Crippen LogP contribution in [0.2, 0.25) is 0 Å². The van der Waals surface area contributed by atoms with Crippen LogP contribution in [0.5, 0.6) is 0 Å². The van der Waals surface area contributed by atoms with Crippen LogP contribution in [0.1, 0.15) is 32.3 Å². The van der Waals surface area contributed by atoms with Gasteiger partial charge in [-0.05, 0) is 24.3 Å². The molecule has 0 saturated carbocycles. The van der Waals surface area contributed by atoms with Crippen molar-refractivity contribution in [2.45, 2.75) is 39.2 Å². The molecule has 0 heterocycles. The van der Waals surface area contributed by atoms with Gasteiger partial charge in [0.25, 0.3) is 0 Å². The quantitative estimate of drug-likeness (QED) is 0.645. The number of benzene rings is 1. The molecular weight excluding hydrogens is 298 g/mol. The molecule has 1 aromatic carbocycles. The summed E-state index contributed by atoms with van der Waals surface area (Å²) < 4.78 is 0. The Balaban J connectivity index is 2.82. The van der Waals surface area contributed by atoms with Gasteiger partial charge in [0.05, 0.1) is 12.3 Å². The van der Waals surface area contributed by atoms with Gasteiger partial charge in [-0.3, -0.25) is 9.59 Å². The maximum Gasteiger partial charge on any atom is 0.326 e. The van der Waals surface area contributed by atoms with Crippen LogP contribution in [0, 0.1) is 11.8 Å². The molecule has 6 nitrogen and oxygen atoms in total. The average molecular weight is 321 g/mol. The van der Waals surface area contributed by atoms with Crippen LogP contribution in [-0.2, 0) is 20.8 Å². The Morgan fingerprint density at radius 2 is 1.70 bits per heavy atom. The number of carboxylic acid groups (broad SMARTS) is 2. The highest BCUT2D eigenvalue weighted by Crippen LogP contribution is 2.14. The van der Waals surface area contributed by atoms with Crippen LogP contribution in [0.3, 0.4) is 0 Å². The number of hydrogen-bond donors (Lipinski definition) is 3. The smallest absolute Gasteiger partial charge is 0.326 e. The molecule has 0 unspecified atom stereocenters. The Morgan fingerprint density at radius 1 is 1.09 bits per heavy atom. The van der Waals surface area contributed by atoms with Crippen molar-refractivity contribution in [3.8, 4) is 0 Å². The molecule has 1 aromatic rings. The summed E-state index contributed by atoms with van der Waals surface area (Å²) in [6.45, 7) is 3.72. The molecule has 0 saturated heterocycles. The lowest BCUT2D eigenvalue weighted by Crippen LogP contribution is -2.45. The topological polar surface area (TPSA) is 104 Å². The van der Waals surface area contributed by atoms with Crippen molar-refractivity contribution in [3.63, 3.8) is 0 Å². The third-order valence-corrected chi connectivity index (χ3v) is 3.44. The van der Waals surface area contributed by atoms with Gasteiger partial charge in [-0.15, -0.1) is 0 Å². The van der Waals surface area contributed by atoms with Gasteiger partial charge in [0.1, 0.15) is 6.04 Å². The number of aliphatic carboxylic acids is 2. The molecule has 0 aliphatic carbocycles. The second kappa shape index (κ2) is 8.92. The van der Waals surface area contributed by atoms with E-state index in [2.05, 4.69) is 5.32 Å². The fraction of sp³-hybridized carbons (Fsp3) is 0.471. The maximum atomic E-state index is 12.3. The van der Waals surface area contributed by atoms with Crippen molar-refractivity contribution in [1.82, 2.24) is 5.32 Å². The first-order chi connectivity index (χ1) is 10.8. The number of carbonyl (C=O) groups is 3. The third-order valence-electron chi connectivity index (χ3n) is 3.44. The zero-order valence-corrected chi connectivity index (χ0v) is 13.4. The van der Waals surface area contributed by atoms with E-state index in [1.54, 1.807) is 0 Å². The SMILES string of the molecule is CC(C)C[C@H](NC(=O)[C@@H](CC(=O)O)Cc1ccccc1)C(=O)O. The summed E-state index contributed by atoms with van der Waals surface area (Å²) >= 11 is 0. The van der Waals surface area contributed by atoms with Crippen molar-refractivity contribution in [2.75, 3.05) is 0 Å². The summed E-state index contributed by atoms with van der Waals surface area (Å²) in [6, 6.07) is 8.07. The molecule has 0 aliphatic rings. The highest BCUT2D eigenvalue weighted by molar-refractivity contribution is 5.87. The zero-order chi connectivity index (χ0) is 17.4. The molecule has 0 spiro atoms. The maximum absolute atomic E-state index is 12.3. The molecule has 0 radical (unpaired) electrons. The Labute approximate surface area is 135 Å². The number of nitrogens with one attached hydrogen (secondary N) is 1. The summed E-state index contributed by atoms with van der Waals surface area (Å²) in [5, 5.41) is 20.7. The Hall–Kier alpha value is -2.37. The van der Waals surface area contributed by atoms with Crippen LogP contribution in [0.4, 0.5) is 0 Å². The largest absolute Gasteiger partial charge is 0.481 e. The summed E-state index contributed by atoms with van der Waals surface area (Å²) in [5.74, 6) is -3.44. The van der Waals surface area contributed by atoms with Crippen molar-refractivity contribution >= 4 is 17.8 Å². The summed E-state index contributed by atoms with van der Waals surface area (Å²) in [6.07, 6.45) is 0.216. The van der Waals surface area contributed by atoms with Crippen LogP contribution < -0.4 is 5.32 Å². The Bertz CT molecular complexity index is 541. The van der Waals surface area contributed by atoms with E-state index in [1.165, 1.54) is 0 Å². The van der Waals surface area contributed by atoms with Crippen molar-refractivity contribution in [3.05, 3.63) is 35.9 Å². The predicted molar refractivity (Wildman–Crippen MR) is 84.9 cm³/mol. The molecule has 0 bridgehead atoms. The molecule has 3 N–H and O–H groups in total. The standard InChI is InChI=1S/C17H23NO5/c1-11(2)8-14(17(22)23)18-16(21)13(10-15(19)20)9-12-6-4-3-5-7-12/h3-7,11,13-14H,8-10H2,1-2H3,(H,18,21)(H,19,20)(H,22,23)/t13-,14+/m1/s1. The van der Waals surface area contributed by atoms with E-state index in [1.807, 2.05) is 44.2 Å². The van der Waals surface area contributed by atoms with Crippen LogP contribution in [0.25, 0.3) is 0 Å². The van der Waals surface area contributed by atoms with Gasteiger partial charge < -0.3 is 15.5 Å². The van der Waals surface area contributed by atoms with Gasteiger partial charge in [0, 0.05) is 0 Å². The van der Waals surface area contributed by atoms with Crippen molar-refractivity contribution in [2.24, 2.45) is 11.8 Å². The number of hydrogen-bond acceptors (Lipinski definition) is 3. The van der Waals surface area contributed by atoms with E-state index in [0.29, 0.717) is 6.42 Å². The molecule has 126 valence electrons. The monoisotopic (exact) mass is 321 g/mol. The predicted octanol–water partition coefficient (Wildman–Crippen LogP) is 1.94. The minimum atomic E-state index is -1.11. The lowest BCUT2D eigenvalue weighted by Gasteiger charge is -2.20. The molecule has 6 heteroatoms. The van der Waals surface area contributed by atoms with Crippen LogP contribution in [-0.4, -0.2) is 34.1 Å². The van der Waals surface area contributed by atoms with Gasteiger partial charge in [0.15, 0.2) is 0 Å². The van der Waals surface area contributed by atoms with E-state index in [0.717, 1.165) is 5.56 Å². The molecule has 0 aliphatic heterocycles. The summed E-state index contributed by atoms with van der Waals surface area (Å²) in [4.78, 5) is 34.6. The van der Waals surface area contributed by atoms with Crippen LogP contribution in [0.15, 0.2) is 30.3 Å². The minimum absolute atomic E-state index is 0.100. The van der Waals surface area contributed by atoms with Gasteiger partial charge in [0.2, 0.25) is 5.91 Å². The minimum Gasteiger partial charge on any atom is -0.481 e. The first-order valence-corrected chi connectivity index (χ1v) is 7.58. The Morgan fingerprint density at radius 3 is 2.17 bits per heavy atom. The van der Waals surface area contributed by atoms with Gasteiger partial charge in [-0.1, -0.05) is 44.2 Å². The van der Waals surface area contributed by atoms with E-state index in [4.69, 9.17) is 5.11 Å². The highest BCUT2D eigenvalue weighted by Gasteiger charge is 2.27. The first kappa shape index (κ1) is 18.7. The van der Waals surface area contributed by atoms with Crippen LogP contribution >= 0.6 is 0 Å². The number of amides is 1. The molecule has 0 aromatic heterocycles. The normalized spacial score (nSPS) is 13.3. The Kier molecular flexibility index (Phi) is 7.25. The number of rotatable bonds is 9. The fourth-order valence-corrected chi connectivity index (χ4v) is 2.35. The summed E-state index contributed by atoms with van der Waals surface area (Å²) in [7, 11) is 0. The lowest BCUT2D eigenvalue weighted by molar-refractivity contribution is -0.144. The lowest BCUT2D eigenvalue weighted by atomic mass is 9.94. The zero-order valence-electron chi connectivity index (χ0n) is 13.4. The van der Waals surface area contributed by atoms with Gasteiger partial charge in [-0.25, -0.2) is 4.79 Å². The molecular formula is C17H23NO5. The molecule has 23 heavy (non-hydrogen) atoms. The second-order valence-electron chi connectivity index (χ2n) is 6.01. The molecule has 1 amide bonds. The molecule has 2 atom stereocenters. The van der Waals surface area contributed by atoms with Gasteiger partial charge >= 0.3 is 11.9 Å². The number of carbonyl (C=O) groups excluding carboxylic acids is 1. The van der Waals surface area contributed by atoms with Crippen molar-refractivity contribution in [1.29, 1.82) is 0 Å². The van der Waals surface area contributed by atoms with Crippen molar-refractivity contribution < 1.29 is 24.6 Å². The van der Waals surface area contributed by atoms with Gasteiger partial charge in [-0.2, -0.15) is 0 Å². The highest BCUT2D eigenvalue weighted by atomic mass is 16.4. The van der Waals surface area contributed by atoms with E-state index in [9.17, 15) is 19.5 Å².